The number of alkyl carbamates (subject to hydrolysis) is 1. The van der Waals surface area contributed by atoms with Crippen LogP contribution in [0.4, 0.5) is 4.79 Å². The Morgan fingerprint density at radius 1 is 0.845 bits per heavy atom. The van der Waals surface area contributed by atoms with Gasteiger partial charge >= 0.3 is 12.1 Å². The molecule has 0 heterocycles. The smallest absolute Gasteiger partial charge is 0.408 e. The predicted octanol–water partition coefficient (Wildman–Crippen LogP) is 9.72. The molecule has 4 aliphatic rings. The number of hydrogen-bond acceptors (Lipinski definition) is 6. The van der Waals surface area contributed by atoms with E-state index in [-0.39, 0.29) is 30.4 Å². The van der Waals surface area contributed by atoms with Crippen LogP contribution in [0.2, 0.25) is 0 Å². The average Bonchev–Trinajstić information content (AvgIpc) is 3.50. The molecule has 5 rings (SSSR count). The van der Waals surface area contributed by atoms with Gasteiger partial charge in [-0.3, -0.25) is 9.59 Å². The van der Waals surface area contributed by atoms with Gasteiger partial charge in [-0.1, -0.05) is 110 Å². The standard InChI is InChI=1S/C49H77N3O6/c1-31(2)15-14-16-33(5)38-21-22-39-37-20-19-35-29-36(23-25-48(35,9)40(37)24-26-49(38,39)10)57-45(55)42(27-32(3)4)52-44(54)41(28-34-17-12-11-13-18-34)51-43(53)30-50-46(56)58-47(6,7)8/h11-13,17-19,31-33,36-42H,14-16,20-30H2,1-10H3,(H,50,56)(H,51,53)(H,52,54)/t33-,36+,37+,38-,39+,40+,41+,42-,48+,49-/m1/s1. The summed E-state index contributed by atoms with van der Waals surface area (Å²) in [6, 6.07) is 7.57. The van der Waals surface area contributed by atoms with Gasteiger partial charge in [0.25, 0.3) is 0 Å². The lowest BCUT2D eigenvalue weighted by Gasteiger charge is -2.58. The minimum atomic E-state index is -0.978. The zero-order valence-electron chi connectivity index (χ0n) is 37.6. The highest BCUT2D eigenvalue weighted by molar-refractivity contribution is 5.92. The summed E-state index contributed by atoms with van der Waals surface area (Å²) in [5, 5.41) is 8.19. The van der Waals surface area contributed by atoms with Gasteiger partial charge in [0.15, 0.2) is 0 Å². The lowest BCUT2D eigenvalue weighted by Crippen LogP contribution is -2.55. The molecular formula is C49H77N3O6. The van der Waals surface area contributed by atoms with E-state index in [0.29, 0.717) is 17.8 Å². The Labute approximate surface area is 350 Å². The monoisotopic (exact) mass is 804 g/mol. The highest BCUT2D eigenvalue weighted by Gasteiger charge is 2.59. The summed E-state index contributed by atoms with van der Waals surface area (Å²) in [4.78, 5) is 53.1. The highest BCUT2D eigenvalue weighted by Crippen LogP contribution is 2.67. The van der Waals surface area contributed by atoms with Crippen LogP contribution in [-0.2, 0) is 30.3 Å². The number of hydrogen-bond donors (Lipinski definition) is 3. The molecule has 9 nitrogen and oxygen atoms in total. The maximum absolute atomic E-state index is 14.0. The van der Waals surface area contributed by atoms with E-state index in [1.807, 2.05) is 44.2 Å². The van der Waals surface area contributed by atoms with Crippen LogP contribution < -0.4 is 16.0 Å². The van der Waals surface area contributed by atoms with E-state index < -0.39 is 41.6 Å². The largest absolute Gasteiger partial charge is 0.461 e. The van der Waals surface area contributed by atoms with Crippen LogP contribution in [0.25, 0.3) is 0 Å². The fraction of sp³-hybridized carbons (Fsp3) is 0.755. The minimum absolute atomic E-state index is 0.112. The van der Waals surface area contributed by atoms with Gasteiger partial charge in [0.2, 0.25) is 11.8 Å². The molecule has 3 N–H and O–H groups in total. The van der Waals surface area contributed by atoms with Gasteiger partial charge in [-0.2, -0.15) is 0 Å². The van der Waals surface area contributed by atoms with Gasteiger partial charge in [0, 0.05) is 12.8 Å². The summed E-state index contributed by atoms with van der Waals surface area (Å²) in [6.07, 6.45) is 15.4. The Hall–Kier alpha value is -3.36. The van der Waals surface area contributed by atoms with Crippen molar-refractivity contribution < 1.29 is 28.7 Å². The SMILES string of the molecule is CC(C)CCC[C@@H](C)[C@H]1CC[C@H]2[C@@H]3CC=C4C[C@@H](OC(=O)[C@@H](CC(C)C)NC(=O)[C@H](Cc5ccccc5)NC(=O)CNC(=O)OC(C)(C)C)CC[C@]4(C)[C@H]3CC[C@]12C. The van der Waals surface area contributed by atoms with Crippen molar-refractivity contribution in [1.29, 1.82) is 0 Å². The quantitative estimate of drug-likeness (QED) is 0.113. The van der Waals surface area contributed by atoms with Crippen molar-refractivity contribution >= 4 is 23.9 Å². The fourth-order valence-corrected chi connectivity index (χ4v) is 11.7. The topological polar surface area (TPSA) is 123 Å². The van der Waals surface area contributed by atoms with Crippen LogP contribution in [-0.4, -0.2) is 54.2 Å². The van der Waals surface area contributed by atoms with Crippen LogP contribution in [0.1, 0.15) is 152 Å². The molecule has 0 bridgehead atoms. The van der Waals surface area contributed by atoms with E-state index in [4.69, 9.17) is 9.47 Å². The van der Waals surface area contributed by atoms with Gasteiger partial charge in [0.1, 0.15) is 30.3 Å². The number of nitrogens with one attached hydrogen (secondary N) is 3. The number of allylic oxidation sites excluding steroid dienone is 1. The van der Waals surface area contributed by atoms with Gasteiger partial charge in [-0.15, -0.1) is 0 Å². The third-order valence-electron chi connectivity index (χ3n) is 14.6. The maximum atomic E-state index is 14.0. The summed E-state index contributed by atoms with van der Waals surface area (Å²) in [5.74, 6) is 3.31. The average molecular weight is 804 g/mol. The third-order valence-corrected chi connectivity index (χ3v) is 14.6. The van der Waals surface area contributed by atoms with E-state index in [9.17, 15) is 19.2 Å². The normalized spacial score (nSPS) is 29.5. The van der Waals surface area contributed by atoms with E-state index >= 15 is 0 Å². The Morgan fingerprint density at radius 2 is 1.57 bits per heavy atom. The molecule has 0 unspecified atom stereocenters. The van der Waals surface area contributed by atoms with Crippen molar-refractivity contribution in [3.05, 3.63) is 47.5 Å². The first kappa shape index (κ1) is 45.7. The van der Waals surface area contributed by atoms with Crippen LogP contribution in [0.3, 0.4) is 0 Å². The van der Waals surface area contributed by atoms with Gasteiger partial charge in [0.05, 0.1) is 0 Å². The van der Waals surface area contributed by atoms with E-state index in [0.717, 1.165) is 60.8 Å². The summed E-state index contributed by atoms with van der Waals surface area (Å²) in [6.45, 7) is 21.3. The van der Waals surface area contributed by atoms with Crippen molar-refractivity contribution in [3.8, 4) is 0 Å². The third kappa shape index (κ3) is 11.5. The second-order valence-electron chi connectivity index (χ2n) is 20.9. The molecule has 4 aliphatic carbocycles. The molecule has 1 aromatic carbocycles. The summed E-state index contributed by atoms with van der Waals surface area (Å²) >= 11 is 0. The van der Waals surface area contributed by atoms with Crippen molar-refractivity contribution in [2.75, 3.05) is 6.54 Å². The fourth-order valence-electron chi connectivity index (χ4n) is 11.7. The Bertz CT molecular complexity index is 1600. The number of benzene rings is 1. The number of amides is 3. The van der Waals surface area contributed by atoms with Crippen molar-refractivity contribution in [3.63, 3.8) is 0 Å². The molecule has 0 saturated heterocycles. The molecule has 10 atom stereocenters. The van der Waals surface area contributed by atoms with Crippen LogP contribution in [0, 0.1) is 52.3 Å². The van der Waals surface area contributed by atoms with Gasteiger partial charge in [-0.05, 0) is 130 Å². The predicted molar refractivity (Wildman–Crippen MR) is 231 cm³/mol. The highest BCUT2D eigenvalue weighted by atomic mass is 16.6. The van der Waals surface area contributed by atoms with E-state index in [1.165, 1.54) is 50.5 Å². The second kappa shape index (κ2) is 19.4. The number of esters is 1. The van der Waals surface area contributed by atoms with Gasteiger partial charge in [-0.25, -0.2) is 9.59 Å². The van der Waals surface area contributed by atoms with Crippen molar-refractivity contribution in [1.82, 2.24) is 16.0 Å². The Balaban J connectivity index is 1.21. The van der Waals surface area contributed by atoms with Crippen molar-refractivity contribution in [2.24, 2.45) is 52.3 Å². The number of ether oxygens (including phenoxy) is 2. The lowest BCUT2D eigenvalue weighted by molar-refractivity contribution is -0.156. The first-order chi connectivity index (χ1) is 27.3. The number of fused-ring (bicyclic) bond motifs is 5. The lowest BCUT2D eigenvalue weighted by atomic mass is 9.47. The second-order valence-corrected chi connectivity index (χ2v) is 20.9. The molecule has 324 valence electrons. The molecular weight excluding hydrogens is 727 g/mol. The van der Waals surface area contributed by atoms with Crippen molar-refractivity contribution in [2.45, 2.75) is 176 Å². The Kier molecular flexibility index (Phi) is 15.3. The van der Waals surface area contributed by atoms with Gasteiger partial charge < -0.3 is 25.4 Å². The van der Waals surface area contributed by atoms with Crippen LogP contribution in [0.5, 0.6) is 0 Å². The number of carbonyl (C=O) groups is 4. The molecule has 1 aromatic rings. The van der Waals surface area contributed by atoms with Crippen LogP contribution in [0.15, 0.2) is 42.0 Å². The molecule has 3 amide bonds. The summed E-state index contributed by atoms with van der Waals surface area (Å²) in [5.41, 5.74) is 2.19. The molecule has 9 heteroatoms. The molecule has 0 aliphatic heterocycles. The molecule has 3 saturated carbocycles. The summed E-state index contributed by atoms with van der Waals surface area (Å²) < 4.78 is 11.6. The van der Waals surface area contributed by atoms with E-state index in [1.54, 1.807) is 20.8 Å². The zero-order chi connectivity index (χ0) is 42.4. The zero-order valence-corrected chi connectivity index (χ0v) is 37.6. The molecule has 3 fully saturated rings. The van der Waals surface area contributed by atoms with Crippen LogP contribution >= 0.6 is 0 Å². The molecule has 0 radical (unpaired) electrons. The minimum Gasteiger partial charge on any atom is -0.461 e. The molecule has 58 heavy (non-hydrogen) atoms. The molecule has 0 spiro atoms. The summed E-state index contributed by atoms with van der Waals surface area (Å²) in [7, 11) is 0. The molecule has 0 aromatic heterocycles. The Morgan fingerprint density at radius 3 is 2.24 bits per heavy atom. The number of carbonyl (C=O) groups excluding carboxylic acids is 4. The number of rotatable bonds is 16. The van der Waals surface area contributed by atoms with E-state index in [2.05, 4.69) is 56.6 Å². The first-order valence-corrected chi connectivity index (χ1v) is 22.8. The maximum Gasteiger partial charge on any atom is 0.408 e. The first-order valence-electron chi connectivity index (χ1n) is 22.8.